The first-order valence-electron chi connectivity index (χ1n) is 12.8. The molecule has 3 heterocycles. The Morgan fingerprint density at radius 2 is 1.98 bits per heavy atom. The number of oxime groups is 1. The second kappa shape index (κ2) is 11.1. The molecule has 4 N–H and O–H groups in total. The number of rotatable bonds is 6. The van der Waals surface area contributed by atoms with Crippen molar-refractivity contribution in [2.75, 3.05) is 26.2 Å². The lowest BCUT2D eigenvalue weighted by Crippen LogP contribution is -2.59. The van der Waals surface area contributed by atoms with Crippen molar-refractivity contribution >= 4 is 49.8 Å². The molecule has 0 spiro atoms. The third kappa shape index (κ3) is 5.27. The fraction of sp³-hybridized carbons (Fsp3) is 0.385. The number of carbonyl (C=O) groups excluding carboxylic acids is 2. The standard InChI is InChI=1S/C26H30N6O6S2/c1-3-38-26(34)21-14-31(8-9-32(21)25(33)24-29-20-10-15(2)28-13-22(20)39-24)40(36,37)19-7-6-16-11-18(23(27)30-35)5-4-17(16)12-19/h4-7,11-12,15,21,28,35H,3,8-10,13-14H2,1-2H3,(H2,27,30). The van der Waals surface area contributed by atoms with Gasteiger partial charge in [-0.25, -0.2) is 18.2 Å². The van der Waals surface area contributed by atoms with E-state index in [1.807, 2.05) is 0 Å². The second-order valence-electron chi connectivity index (χ2n) is 9.71. The summed E-state index contributed by atoms with van der Waals surface area (Å²) in [7, 11) is -4.01. The number of amides is 1. The van der Waals surface area contributed by atoms with Crippen molar-refractivity contribution in [1.29, 1.82) is 0 Å². The molecule has 2 aliphatic rings. The molecule has 0 aliphatic carbocycles. The van der Waals surface area contributed by atoms with Crippen molar-refractivity contribution < 1.29 is 28.0 Å². The molecule has 12 nitrogen and oxygen atoms in total. The van der Waals surface area contributed by atoms with Crippen LogP contribution in [0.3, 0.4) is 0 Å². The Kier molecular flexibility index (Phi) is 7.77. The monoisotopic (exact) mass is 586 g/mol. The number of carbonyl (C=O) groups is 2. The highest BCUT2D eigenvalue weighted by molar-refractivity contribution is 7.89. The van der Waals surface area contributed by atoms with Crippen LogP contribution in [0.4, 0.5) is 0 Å². The molecule has 0 radical (unpaired) electrons. The highest BCUT2D eigenvalue weighted by Gasteiger charge is 2.42. The van der Waals surface area contributed by atoms with Crippen molar-refractivity contribution in [2.24, 2.45) is 10.9 Å². The van der Waals surface area contributed by atoms with E-state index in [0.29, 0.717) is 29.3 Å². The minimum Gasteiger partial charge on any atom is -0.464 e. The number of benzene rings is 2. The van der Waals surface area contributed by atoms with Gasteiger partial charge in [0.25, 0.3) is 5.91 Å². The Bertz CT molecular complexity index is 1600. The molecule has 2 unspecified atom stereocenters. The van der Waals surface area contributed by atoms with E-state index in [4.69, 9.17) is 15.7 Å². The zero-order valence-corrected chi connectivity index (χ0v) is 23.7. The van der Waals surface area contributed by atoms with Crippen LogP contribution in [-0.2, 0) is 32.5 Å². The molecule has 212 valence electrons. The molecule has 1 aromatic heterocycles. The van der Waals surface area contributed by atoms with E-state index < -0.39 is 27.9 Å². The number of esters is 1. The third-order valence-corrected chi connectivity index (χ3v) is 10.0. The van der Waals surface area contributed by atoms with Crippen LogP contribution in [0.25, 0.3) is 10.8 Å². The number of hydrogen-bond acceptors (Lipinski definition) is 10. The first-order chi connectivity index (χ1) is 19.1. The summed E-state index contributed by atoms with van der Waals surface area (Å²) in [6.45, 7) is 4.21. The number of sulfonamides is 1. The molecule has 1 amide bonds. The average molecular weight is 587 g/mol. The maximum atomic E-state index is 13.7. The van der Waals surface area contributed by atoms with Crippen LogP contribution in [0.5, 0.6) is 0 Å². The number of piperazine rings is 1. The van der Waals surface area contributed by atoms with Crippen molar-refractivity contribution in [3.63, 3.8) is 0 Å². The second-order valence-corrected chi connectivity index (χ2v) is 12.7. The zero-order valence-electron chi connectivity index (χ0n) is 22.0. The van der Waals surface area contributed by atoms with Crippen LogP contribution in [0, 0.1) is 0 Å². The molecule has 40 heavy (non-hydrogen) atoms. The van der Waals surface area contributed by atoms with Gasteiger partial charge in [-0.1, -0.05) is 23.4 Å². The fourth-order valence-electron chi connectivity index (χ4n) is 4.93. The summed E-state index contributed by atoms with van der Waals surface area (Å²) >= 11 is 1.30. The lowest BCUT2D eigenvalue weighted by molar-refractivity contribution is -0.149. The Balaban J connectivity index is 1.40. The number of thiazole rings is 1. The SMILES string of the molecule is CCOC(=O)C1CN(S(=O)(=O)c2ccc3cc(/C(N)=N\O)ccc3c2)CCN1C(=O)c1nc2c(s1)CNC(C)C2. The van der Waals surface area contributed by atoms with E-state index in [1.165, 1.54) is 32.7 Å². The van der Waals surface area contributed by atoms with E-state index in [-0.39, 0.29) is 48.0 Å². The highest BCUT2D eigenvalue weighted by atomic mass is 32.2. The van der Waals surface area contributed by atoms with E-state index in [0.717, 1.165) is 10.6 Å². The number of nitrogens with zero attached hydrogens (tertiary/aromatic N) is 4. The third-order valence-electron chi connectivity index (χ3n) is 7.09. The van der Waals surface area contributed by atoms with Crippen LogP contribution in [0.2, 0.25) is 0 Å². The Morgan fingerprint density at radius 1 is 1.23 bits per heavy atom. The lowest BCUT2D eigenvalue weighted by Gasteiger charge is -2.38. The van der Waals surface area contributed by atoms with Gasteiger partial charge in [-0.3, -0.25) is 4.79 Å². The molecular weight excluding hydrogens is 556 g/mol. The summed E-state index contributed by atoms with van der Waals surface area (Å²) in [6.07, 6.45) is 0.710. The summed E-state index contributed by atoms with van der Waals surface area (Å²) in [5, 5.41) is 16.9. The Morgan fingerprint density at radius 3 is 2.73 bits per heavy atom. The molecule has 2 aromatic carbocycles. The lowest BCUT2D eigenvalue weighted by atomic mass is 10.1. The predicted octanol–water partition coefficient (Wildman–Crippen LogP) is 1.50. The van der Waals surface area contributed by atoms with Crippen molar-refractivity contribution in [3.8, 4) is 0 Å². The van der Waals surface area contributed by atoms with Gasteiger partial charge in [-0.15, -0.1) is 11.3 Å². The first kappa shape index (κ1) is 28.0. The predicted molar refractivity (Wildman–Crippen MR) is 149 cm³/mol. The number of hydrogen-bond donors (Lipinski definition) is 3. The van der Waals surface area contributed by atoms with Gasteiger partial charge < -0.3 is 25.9 Å². The van der Waals surface area contributed by atoms with Crippen LogP contribution in [-0.4, -0.2) is 83.9 Å². The first-order valence-corrected chi connectivity index (χ1v) is 15.1. The Hall–Kier alpha value is -3.59. The molecule has 1 saturated heterocycles. The average Bonchev–Trinajstić information content (AvgIpc) is 3.38. The molecule has 0 bridgehead atoms. The van der Waals surface area contributed by atoms with Crippen LogP contribution in [0.15, 0.2) is 46.4 Å². The molecule has 5 rings (SSSR count). The fourth-order valence-corrected chi connectivity index (χ4v) is 7.40. The Labute approximate surface area is 235 Å². The summed E-state index contributed by atoms with van der Waals surface area (Å²) in [4.78, 5) is 33.5. The van der Waals surface area contributed by atoms with Gasteiger partial charge in [0, 0.05) is 49.1 Å². The minimum atomic E-state index is -4.01. The number of nitrogens with one attached hydrogen (secondary N) is 1. The molecular formula is C26H30N6O6S2. The van der Waals surface area contributed by atoms with Crippen LogP contribution >= 0.6 is 11.3 Å². The van der Waals surface area contributed by atoms with Crippen molar-refractivity contribution in [3.05, 3.63) is 57.5 Å². The molecule has 0 saturated carbocycles. The van der Waals surface area contributed by atoms with Gasteiger partial charge in [0.1, 0.15) is 6.04 Å². The summed E-state index contributed by atoms with van der Waals surface area (Å²) in [6, 6.07) is 8.78. The molecule has 3 aromatic rings. The summed E-state index contributed by atoms with van der Waals surface area (Å²) < 4.78 is 33.8. The smallest absolute Gasteiger partial charge is 0.330 e. The van der Waals surface area contributed by atoms with Crippen LogP contribution < -0.4 is 11.1 Å². The van der Waals surface area contributed by atoms with E-state index >= 15 is 0 Å². The largest absolute Gasteiger partial charge is 0.464 e. The van der Waals surface area contributed by atoms with E-state index in [1.54, 1.807) is 31.2 Å². The number of fused-ring (bicyclic) bond motifs is 2. The molecule has 2 aliphatic heterocycles. The number of amidine groups is 1. The number of ether oxygens (including phenoxy) is 1. The van der Waals surface area contributed by atoms with Crippen molar-refractivity contribution in [1.82, 2.24) is 19.5 Å². The summed E-state index contributed by atoms with van der Waals surface area (Å²) in [5.41, 5.74) is 7.04. The molecule has 14 heteroatoms. The summed E-state index contributed by atoms with van der Waals surface area (Å²) in [5.74, 6) is -1.13. The minimum absolute atomic E-state index is 0.00807. The zero-order chi connectivity index (χ0) is 28.6. The number of aromatic nitrogens is 1. The number of nitrogens with two attached hydrogens (primary N) is 1. The van der Waals surface area contributed by atoms with Gasteiger partial charge >= 0.3 is 5.97 Å². The molecule has 2 atom stereocenters. The topological polar surface area (TPSA) is 168 Å². The highest BCUT2D eigenvalue weighted by Crippen LogP contribution is 2.28. The van der Waals surface area contributed by atoms with Gasteiger partial charge in [0.15, 0.2) is 10.8 Å². The van der Waals surface area contributed by atoms with E-state index in [9.17, 15) is 18.0 Å². The molecule has 1 fully saturated rings. The maximum absolute atomic E-state index is 13.7. The van der Waals surface area contributed by atoms with E-state index in [2.05, 4.69) is 22.4 Å². The van der Waals surface area contributed by atoms with Gasteiger partial charge in [-0.05, 0) is 42.8 Å². The maximum Gasteiger partial charge on any atom is 0.330 e. The van der Waals surface area contributed by atoms with Crippen molar-refractivity contribution in [2.45, 2.75) is 43.8 Å². The normalized spacial score (nSPS) is 20.4. The van der Waals surface area contributed by atoms with Crippen LogP contribution in [0.1, 0.15) is 39.8 Å². The van der Waals surface area contributed by atoms with Gasteiger partial charge in [-0.2, -0.15) is 4.31 Å². The van der Waals surface area contributed by atoms with Gasteiger partial charge in [0.2, 0.25) is 10.0 Å². The van der Waals surface area contributed by atoms with Gasteiger partial charge in [0.05, 0.1) is 17.2 Å². The quantitative estimate of drug-likeness (QED) is 0.127.